The van der Waals surface area contributed by atoms with Crippen molar-refractivity contribution >= 4 is 5.97 Å². The summed E-state index contributed by atoms with van der Waals surface area (Å²) in [6, 6.07) is 17.3. The highest BCUT2D eigenvalue weighted by molar-refractivity contribution is 5.80. The van der Waals surface area contributed by atoms with Crippen molar-refractivity contribution in [2.45, 2.75) is 57.7 Å². The molecule has 236 valence electrons. The van der Waals surface area contributed by atoms with Gasteiger partial charge in [0.1, 0.15) is 23.9 Å². The van der Waals surface area contributed by atoms with Gasteiger partial charge in [-0.05, 0) is 65.6 Å². The third-order valence-electron chi connectivity index (χ3n) is 8.65. The van der Waals surface area contributed by atoms with Gasteiger partial charge in [0, 0.05) is 50.3 Å². The van der Waals surface area contributed by atoms with Crippen LogP contribution in [0.3, 0.4) is 0 Å². The molecule has 3 aromatic carbocycles. The van der Waals surface area contributed by atoms with Gasteiger partial charge < -0.3 is 19.5 Å². The quantitative estimate of drug-likeness (QED) is 0.153. The molecule has 6 nitrogen and oxygen atoms in total. The maximum atomic E-state index is 14.0. The van der Waals surface area contributed by atoms with E-state index in [1.807, 2.05) is 48.5 Å². The van der Waals surface area contributed by atoms with Crippen LogP contribution in [0, 0.1) is 29.3 Å². The van der Waals surface area contributed by atoms with Gasteiger partial charge in [-0.1, -0.05) is 45.0 Å². The lowest BCUT2D eigenvalue weighted by Crippen LogP contribution is -2.44. The largest absolute Gasteiger partial charge is 0.492 e. The van der Waals surface area contributed by atoms with Gasteiger partial charge in [-0.25, -0.2) is 18.0 Å². The number of methoxy groups -OCH3 is 1. The Bertz CT molecular complexity index is 1450. The van der Waals surface area contributed by atoms with E-state index in [9.17, 15) is 18.0 Å². The van der Waals surface area contributed by atoms with Crippen molar-refractivity contribution in [2.75, 3.05) is 33.4 Å². The minimum absolute atomic E-state index is 0.0164. The van der Waals surface area contributed by atoms with Crippen molar-refractivity contribution in [3.05, 3.63) is 94.8 Å². The highest BCUT2D eigenvalue weighted by atomic mass is 19.2. The van der Waals surface area contributed by atoms with Crippen LogP contribution in [0.4, 0.5) is 13.2 Å². The zero-order chi connectivity index (χ0) is 31.6. The van der Waals surface area contributed by atoms with Gasteiger partial charge in [-0.2, -0.15) is 0 Å². The SMILES string of the molecule is COC(=O)[C@](C)(Cc1ccc(OCCN[C@H]2C3CN(Cc4cc(F)c(F)cc4F)C[C@@H]32)cc1)Oc1ccc(C(C)(C)C)cc1. The maximum Gasteiger partial charge on any atom is 0.350 e. The van der Waals surface area contributed by atoms with Gasteiger partial charge >= 0.3 is 5.97 Å². The monoisotopic (exact) mass is 610 g/mol. The molecule has 1 aliphatic heterocycles. The molecule has 0 radical (unpaired) electrons. The van der Waals surface area contributed by atoms with Gasteiger partial charge in [0.15, 0.2) is 11.6 Å². The first-order valence-corrected chi connectivity index (χ1v) is 15.0. The van der Waals surface area contributed by atoms with Crippen molar-refractivity contribution in [1.29, 1.82) is 0 Å². The van der Waals surface area contributed by atoms with E-state index in [2.05, 4.69) is 31.0 Å². The van der Waals surface area contributed by atoms with Crippen molar-refractivity contribution in [3.8, 4) is 11.5 Å². The number of fused-ring (bicyclic) bond motifs is 1. The standard InChI is InChI=1S/C35H41F3N2O4/c1-34(2,3)24-8-12-26(13-9-24)44-35(4,33(41)42-5)18-22-6-10-25(11-7-22)43-15-14-39-32-27-20-40(21-28(27)32)19-23-16-30(37)31(38)17-29(23)36/h6-13,16-17,27-28,32,39H,14-15,18-21H2,1-5H3/t27-,28?,32+,35-/m0/s1. The third kappa shape index (κ3) is 7.38. The van der Waals surface area contributed by atoms with Crippen LogP contribution in [0.2, 0.25) is 0 Å². The lowest BCUT2D eigenvalue weighted by Gasteiger charge is -2.28. The third-order valence-corrected chi connectivity index (χ3v) is 8.65. The number of nitrogens with one attached hydrogen (secondary N) is 1. The molecule has 5 rings (SSSR count). The molecule has 1 aliphatic carbocycles. The number of halogens is 3. The zero-order valence-electron chi connectivity index (χ0n) is 26.0. The number of likely N-dealkylation sites (tertiary alicyclic amines) is 1. The van der Waals surface area contributed by atoms with Crippen molar-refractivity contribution in [2.24, 2.45) is 11.8 Å². The second kappa shape index (κ2) is 12.8. The molecule has 1 heterocycles. The zero-order valence-corrected chi connectivity index (χ0v) is 26.0. The average molecular weight is 611 g/mol. The number of benzene rings is 3. The molecule has 44 heavy (non-hydrogen) atoms. The van der Waals surface area contributed by atoms with E-state index >= 15 is 0 Å². The van der Waals surface area contributed by atoms with E-state index in [1.54, 1.807) is 6.92 Å². The Morgan fingerprint density at radius 1 is 0.886 bits per heavy atom. The Kier molecular flexibility index (Phi) is 9.28. The van der Waals surface area contributed by atoms with Gasteiger partial charge in [0.05, 0.1) is 7.11 Å². The molecule has 0 bridgehead atoms. The Labute approximate surface area is 257 Å². The van der Waals surface area contributed by atoms with Crippen molar-refractivity contribution in [1.82, 2.24) is 10.2 Å². The van der Waals surface area contributed by atoms with Crippen LogP contribution in [0.15, 0.2) is 60.7 Å². The molecular formula is C35H41F3N2O4. The van der Waals surface area contributed by atoms with Gasteiger partial charge in [-0.3, -0.25) is 4.90 Å². The maximum absolute atomic E-state index is 14.0. The summed E-state index contributed by atoms with van der Waals surface area (Å²) in [6.45, 7) is 11.2. The summed E-state index contributed by atoms with van der Waals surface area (Å²) in [5, 5.41) is 3.53. The predicted octanol–water partition coefficient (Wildman–Crippen LogP) is 6.05. The van der Waals surface area contributed by atoms with Crippen LogP contribution >= 0.6 is 0 Å². The molecule has 0 amide bonds. The number of esters is 1. The Balaban J connectivity index is 1.05. The number of ether oxygens (including phenoxy) is 3. The van der Waals surface area contributed by atoms with Gasteiger partial charge in [0.25, 0.3) is 0 Å². The number of rotatable bonds is 12. The number of hydrogen-bond donors (Lipinski definition) is 1. The predicted molar refractivity (Wildman–Crippen MR) is 162 cm³/mol. The van der Waals surface area contributed by atoms with E-state index in [0.717, 1.165) is 30.5 Å². The summed E-state index contributed by atoms with van der Waals surface area (Å²) in [6.07, 6.45) is 0.326. The fourth-order valence-corrected chi connectivity index (χ4v) is 6.11. The number of hydrogen-bond acceptors (Lipinski definition) is 6. The molecule has 2 aliphatic rings. The molecule has 1 saturated carbocycles. The van der Waals surface area contributed by atoms with Crippen LogP contribution in [0.25, 0.3) is 0 Å². The number of piperidine rings is 1. The summed E-state index contributed by atoms with van der Waals surface area (Å²) >= 11 is 0. The smallest absolute Gasteiger partial charge is 0.350 e. The molecule has 1 N–H and O–H groups in total. The Morgan fingerprint density at radius 2 is 1.50 bits per heavy atom. The van der Waals surface area contributed by atoms with E-state index in [4.69, 9.17) is 14.2 Å². The first-order chi connectivity index (χ1) is 20.9. The van der Waals surface area contributed by atoms with E-state index in [1.165, 1.54) is 12.7 Å². The van der Waals surface area contributed by atoms with Crippen molar-refractivity contribution in [3.63, 3.8) is 0 Å². The summed E-state index contributed by atoms with van der Waals surface area (Å²) < 4.78 is 57.9. The summed E-state index contributed by atoms with van der Waals surface area (Å²) in [5.74, 6) is -1.09. The van der Waals surface area contributed by atoms with Gasteiger partial charge in [-0.15, -0.1) is 0 Å². The second-order valence-corrected chi connectivity index (χ2v) is 13.1. The summed E-state index contributed by atoms with van der Waals surface area (Å²) in [4.78, 5) is 14.8. The number of carbonyl (C=O) groups excluding carboxylic acids is 1. The highest BCUT2D eigenvalue weighted by Gasteiger charge is 2.55. The Hall–Kier alpha value is -3.56. The fourth-order valence-electron chi connectivity index (χ4n) is 6.11. The molecule has 0 aromatic heterocycles. The lowest BCUT2D eigenvalue weighted by atomic mass is 9.87. The van der Waals surface area contributed by atoms with Crippen LogP contribution in [0.5, 0.6) is 11.5 Å². The molecule has 0 spiro atoms. The minimum atomic E-state index is -1.20. The van der Waals surface area contributed by atoms with Crippen LogP contribution in [-0.2, 0) is 27.9 Å². The molecule has 4 atom stereocenters. The minimum Gasteiger partial charge on any atom is -0.492 e. The first kappa shape index (κ1) is 31.9. The normalized spacial score (nSPS) is 21.0. The van der Waals surface area contributed by atoms with E-state index < -0.39 is 29.0 Å². The number of nitrogens with zero attached hydrogens (tertiary/aromatic N) is 1. The molecular weight excluding hydrogens is 569 g/mol. The van der Waals surface area contributed by atoms with Crippen LogP contribution < -0.4 is 14.8 Å². The average Bonchev–Trinajstić information content (AvgIpc) is 3.43. The summed E-state index contributed by atoms with van der Waals surface area (Å²) in [5.41, 5.74) is 1.08. The number of carbonyl (C=O) groups is 1. The van der Waals surface area contributed by atoms with E-state index in [0.29, 0.717) is 49.3 Å². The topological polar surface area (TPSA) is 60.0 Å². The fraction of sp³-hybridized carbons (Fsp3) is 0.457. The second-order valence-electron chi connectivity index (χ2n) is 13.1. The Morgan fingerprint density at radius 3 is 2.11 bits per heavy atom. The van der Waals surface area contributed by atoms with Crippen LogP contribution in [0.1, 0.15) is 44.4 Å². The van der Waals surface area contributed by atoms with E-state index in [-0.39, 0.29) is 17.5 Å². The molecule has 1 saturated heterocycles. The summed E-state index contributed by atoms with van der Waals surface area (Å²) in [7, 11) is 1.36. The van der Waals surface area contributed by atoms with Crippen molar-refractivity contribution < 1.29 is 32.2 Å². The molecule has 3 aromatic rings. The molecule has 1 unspecified atom stereocenters. The molecule has 2 fully saturated rings. The van der Waals surface area contributed by atoms with Crippen LogP contribution in [-0.4, -0.2) is 55.9 Å². The highest BCUT2D eigenvalue weighted by Crippen LogP contribution is 2.45. The lowest BCUT2D eigenvalue weighted by molar-refractivity contribution is -0.157. The molecule has 9 heteroatoms. The first-order valence-electron chi connectivity index (χ1n) is 15.0. The van der Waals surface area contributed by atoms with Gasteiger partial charge in [0.2, 0.25) is 5.60 Å².